The highest BCUT2D eigenvalue weighted by Gasteiger charge is 2.04. The molecule has 1 heterocycles. The molecule has 0 aliphatic rings. The van der Waals surface area contributed by atoms with Crippen molar-refractivity contribution in [2.75, 3.05) is 5.73 Å². The summed E-state index contributed by atoms with van der Waals surface area (Å²) >= 11 is 0. The summed E-state index contributed by atoms with van der Waals surface area (Å²) in [5.41, 5.74) is 6.45. The van der Waals surface area contributed by atoms with Crippen molar-refractivity contribution in [1.82, 2.24) is 9.55 Å². The molecule has 2 N–H and O–H groups in total. The average molecular weight is 235 g/mol. The fourth-order valence-corrected chi connectivity index (χ4v) is 1.50. The standard InChI is InChI=1S/C12H14FN3O/c1-2-16-7-10(15-12(16)14)8-17-11-5-3-9(13)4-6-11/h3-7H,2,8H2,1H3,(H2,14,15). The van der Waals surface area contributed by atoms with E-state index < -0.39 is 0 Å². The molecule has 17 heavy (non-hydrogen) atoms. The normalized spacial score (nSPS) is 10.5. The third kappa shape index (κ3) is 2.75. The molecular formula is C12H14FN3O. The van der Waals surface area contributed by atoms with Crippen LogP contribution in [-0.4, -0.2) is 9.55 Å². The third-order valence-electron chi connectivity index (χ3n) is 2.40. The van der Waals surface area contributed by atoms with Crippen molar-refractivity contribution in [3.63, 3.8) is 0 Å². The van der Waals surface area contributed by atoms with E-state index in [0.29, 0.717) is 18.3 Å². The van der Waals surface area contributed by atoms with Crippen molar-refractivity contribution >= 4 is 5.95 Å². The molecule has 90 valence electrons. The zero-order chi connectivity index (χ0) is 12.3. The van der Waals surface area contributed by atoms with Gasteiger partial charge in [0.2, 0.25) is 0 Å². The molecule has 0 aliphatic carbocycles. The summed E-state index contributed by atoms with van der Waals surface area (Å²) in [4.78, 5) is 4.16. The van der Waals surface area contributed by atoms with Crippen LogP contribution < -0.4 is 10.5 Å². The lowest BCUT2D eigenvalue weighted by Crippen LogP contribution is -1.98. The van der Waals surface area contributed by atoms with Crippen LogP contribution in [0.5, 0.6) is 5.75 Å². The van der Waals surface area contributed by atoms with Crippen molar-refractivity contribution in [3.8, 4) is 5.75 Å². The molecule has 0 unspecified atom stereocenters. The number of hydrogen-bond acceptors (Lipinski definition) is 3. The molecule has 0 radical (unpaired) electrons. The first-order valence-corrected chi connectivity index (χ1v) is 5.39. The lowest BCUT2D eigenvalue weighted by atomic mass is 10.3. The molecule has 0 atom stereocenters. The maximum atomic E-state index is 12.7. The van der Waals surface area contributed by atoms with E-state index in [0.717, 1.165) is 12.2 Å². The summed E-state index contributed by atoms with van der Waals surface area (Å²) in [5, 5.41) is 0. The van der Waals surface area contributed by atoms with Gasteiger partial charge in [0, 0.05) is 12.7 Å². The molecule has 0 bridgehead atoms. The largest absolute Gasteiger partial charge is 0.487 e. The number of halogens is 1. The predicted molar refractivity (Wildman–Crippen MR) is 63.0 cm³/mol. The Bertz CT molecular complexity index is 493. The Kier molecular flexibility index (Phi) is 3.27. The maximum Gasteiger partial charge on any atom is 0.200 e. The first-order valence-electron chi connectivity index (χ1n) is 5.39. The number of rotatable bonds is 4. The maximum absolute atomic E-state index is 12.7. The van der Waals surface area contributed by atoms with Crippen LogP contribution in [0.15, 0.2) is 30.5 Å². The van der Waals surface area contributed by atoms with Crippen LogP contribution in [0.1, 0.15) is 12.6 Å². The van der Waals surface area contributed by atoms with Gasteiger partial charge in [-0.15, -0.1) is 0 Å². The van der Waals surface area contributed by atoms with Gasteiger partial charge in [0.05, 0.1) is 5.69 Å². The molecule has 0 saturated carbocycles. The highest BCUT2D eigenvalue weighted by atomic mass is 19.1. The van der Waals surface area contributed by atoms with E-state index in [2.05, 4.69) is 4.98 Å². The monoisotopic (exact) mass is 235 g/mol. The Morgan fingerprint density at radius 3 is 2.65 bits per heavy atom. The highest BCUT2D eigenvalue weighted by Crippen LogP contribution is 2.13. The molecule has 2 rings (SSSR count). The van der Waals surface area contributed by atoms with Crippen molar-refractivity contribution in [2.24, 2.45) is 0 Å². The summed E-state index contributed by atoms with van der Waals surface area (Å²) in [7, 11) is 0. The van der Waals surface area contributed by atoms with Crippen LogP contribution in [0.25, 0.3) is 0 Å². The van der Waals surface area contributed by atoms with Gasteiger partial charge in [-0.1, -0.05) is 0 Å². The summed E-state index contributed by atoms with van der Waals surface area (Å²) in [6.45, 7) is 3.08. The van der Waals surface area contributed by atoms with E-state index in [1.54, 1.807) is 12.1 Å². The number of benzene rings is 1. The van der Waals surface area contributed by atoms with Gasteiger partial charge in [0.15, 0.2) is 5.95 Å². The Hall–Kier alpha value is -2.04. The van der Waals surface area contributed by atoms with Crippen LogP contribution in [0.4, 0.5) is 10.3 Å². The first kappa shape index (κ1) is 11.4. The zero-order valence-electron chi connectivity index (χ0n) is 9.56. The number of imidazole rings is 1. The lowest BCUT2D eigenvalue weighted by Gasteiger charge is -2.03. The SMILES string of the molecule is CCn1cc(COc2ccc(F)cc2)nc1N. The number of aromatic nitrogens is 2. The van der Waals surface area contributed by atoms with Gasteiger partial charge in [0.1, 0.15) is 18.2 Å². The average Bonchev–Trinajstić information content (AvgIpc) is 2.69. The molecule has 4 nitrogen and oxygen atoms in total. The molecule has 1 aromatic heterocycles. The van der Waals surface area contributed by atoms with Crippen molar-refractivity contribution in [2.45, 2.75) is 20.1 Å². The van der Waals surface area contributed by atoms with Crippen LogP contribution >= 0.6 is 0 Å². The van der Waals surface area contributed by atoms with E-state index in [4.69, 9.17) is 10.5 Å². The van der Waals surface area contributed by atoms with Crippen molar-refractivity contribution in [1.29, 1.82) is 0 Å². The molecule has 0 spiro atoms. The van der Waals surface area contributed by atoms with Gasteiger partial charge in [-0.25, -0.2) is 9.37 Å². The molecule has 0 amide bonds. The minimum atomic E-state index is -0.281. The van der Waals surface area contributed by atoms with E-state index in [1.165, 1.54) is 12.1 Å². The molecular weight excluding hydrogens is 221 g/mol. The van der Waals surface area contributed by atoms with Crippen LogP contribution in [0.2, 0.25) is 0 Å². The highest BCUT2D eigenvalue weighted by molar-refractivity contribution is 5.24. The minimum Gasteiger partial charge on any atom is -0.487 e. The Balaban J connectivity index is 1.99. The van der Waals surface area contributed by atoms with E-state index in [1.807, 2.05) is 17.7 Å². The van der Waals surface area contributed by atoms with Gasteiger partial charge in [-0.2, -0.15) is 0 Å². The van der Waals surface area contributed by atoms with Gasteiger partial charge >= 0.3 is 0 Å². The fraction of sp³-hybridized carbons (Fsp3) is 0.250. The van der Waals surface area contributed by atoms with Crippen LogP contribution in [0, 0.1) is 5.82 Å². The molecule has 5 heteroatoms. The van der Waals surface area contributed by atoms with E-state index >= 15 is 0 Å². The minimum absolute atomic E-state index is 0.281. The van der Waals surface area contributed by atoms with Gasteiger partial charge in [-0.3, -0.25) is 0 Å². The summed E-state index contributed by atoms with van der Waals surface area (Å²) in [6, 6.07) is 5.87. The molecule has 1 aromatic carbocycles. The Morgan fingerprint density at radius 2 is 2.06 bits per heavy atom. The summed E-state index contributed by atoms with van der Waals surface area (Å²) in [6.07, 6.45) is 1.85. The fourth-order valence-electron chi connectivity index (χ4n) is 1.50. The second-order valence-electron chi connectivity index (χ2n) is 3.62. The number of ether oxygens (including phenoxy) is 1. The van der Waals surface area contributed by atoms with Gasteiger partial charge in [0.25, 0.3) is 0 Å². The quantitative estimate of drug-likeness (QED) is 0.883. The summed E-state index contributed by atoms with van der Waals surface area (Å²) in [5.74, 6) is 0.804. The van der Waals surface area contributed by atoms with E-state index in [9.17, 15) is 4.39 Å². The second kappa shape index (κ2) is 4.86. The number of aryl methyl sites for hydroxylation is 1. The molecule has 0 aliphatic heterocycles. The number of hydrogen-bond donors (Lipinski definition) is 1. The molecule has 0 saturated heterocycles. The second-order valence-corrected chi connectivity index (χ2v) is 3.62. The van der Waals surface area contributed by atoms with Gasteiger partial charge in [-0.05, 0) is 31.2 Å². The zero-order valence-corrected chi connectivity index (χ0v) is 9.56. The van der Waals surface area contributed by atoms with E-state index in [-0.39, 0.29) is 5.82 Å². The summed E-state index contributed by atoms with van der Waals surface area (Å²) < 4.78 is 20.0. The Labute approximate surface area is 98.8 Å². The first-order chi connectivity index (χ1) is 8.19. The number of nitrogens with two attached hydrogens (primary N) is 1. The van der Waals surface area contributed by atoms with Crippen molar-refractivity contribution < 1.29 is 9.13 Å². The van der Waals surface area contributed by atoms with Gasteiger partial charge < -0.3 is 15.0 Å². The third-order valence-corrected chi connectivity index (χ3v) is 2.40. The number of anilines is 1. The topological polar surface area (TPSA) is 53.1 Å². The smallest absolute Gasteiger partial charge is 0.200 e. The van der Waals surface area contributed by atoms with Crippen LogP contribution in [-0.2, 0) is 13.2 Å². The molecule has 0 fully saturated rings. The number of nitrogens with zero attached hydrogens (tertiary/aromatic N) is 2. The number of nitrogen functional groups attached to an aromatic ring is 1. The Morgan fingerprint density at radius 1 is 1.35 bits per heavy atom. The van der Waals surface area contributed by atoms with Crippen LogP contribution in [0.3, 0.4) is 0 Å². The van der Waals surface area contributed by atoms with Crippen molar-refractivity contribution in [3.05, 3.63) is 42.0 Å². The lowest BCUT2D eigenvalue weighted by molar-refractivity contribution is 0.301. The predicted octanol–water partition coefficient (Wildman–Crippen LogP) is 2.20. The molecule has 2 aromatic rings.